The summed E-state index contributed by atoms with van der Waals surface area (Å²) in [4.78, 5) is 13.3. The molecule has 10 heteroatoms. The number of ether oxygens (including phenoxy) is 1. The Morgan fingerprint density at radius 2 is 1.49 bits per heavy atom. The molecule has 1 amide bonds. The van der Waals surface area contributed by atoms with Crippen molar-refractivity contribution in [3.8, 4) is 0 Å². The maximum atomic E-state index is 13.0. The van der Waals surface area contributed by atoms with Crippen molar-refractivity contribution in [3.63, 3.8) is 0 Å². The highest BCUT2D eigenvalue weighted by Gasteiger charge is 2.62. The van der Waals surface area contributed by atoms with E-state index in [0.29, 0.717) is 31.1 Å². The maximum Gasteiger partial charge on any atom is 0.408 e. The smallest absolute Gasteiger partial charge is 0.408 e. The summed E-state index contributed by atoms with van der Waals surface area (Å²) in [6.07, 6.45) is 1.52. The van der Waals surface area contributed by atoms with Gasteiger partial charge < -0.3 is 18.9 Å². The van der Waals surface area contributed by atoms with Crippen LogP contribution in [0.5, 0.6) is 0 Å². The molecule has 1 heterocycles. The highest BCUT2D eigenvalue weighted by atomic mass is 35.5. The van der Waals surface area contributed by atoms with Gasteiger partial charge in [-0.1, -0.05) is 71.3 Å². The van der Waals surface area contributed by atoms with Gasteiger partial charge in [0, 0.05) is 15.1 Å². The number of carbonyl (C=O) groups excluding carboxylic acids is 1. The molecule has 41 heavy (non-hydrogen) atoms. The molecule has 1 aliphatic rings. The third kappa shape index (κ3) is 7.93. The number of carbonyl (C=O) groups is 1. The Morgan fingerprint density at radius 3 is 1.98 bits per heavy atom. The number of halogens is 1. The molecule has 7 nitrogen and oxygen atoms in total. The zero-order valence-electron chi connectivity index (χ0n) is 25.9. The second-order valence-corrected chi connectivity index (χ2v) is 21.3. The van der Waals surface area contributed by atoms with Crippen LogP contribution in [0.25, 0.3) is 0 Å². The summed E-state index contributed by atoms with van der Waals surface area (Å²) >= 11 is 6.00. The number of amides is 1. The van der Waals surface area contributed by atoms with Crippen molar-refractivity contribution in [2.24, 2.45) is 0 Å². The van der Waals surface area contributed by atoms with Crippen LogP contribution in [0.3, 0.4) is 0 Å². The Kier molecular flexibility index (Phi) is 9.83. The highest BCUT2D eigenvalue weighted by molar-refractivity contribution is 7.91. The predicted octanol–water partition coefficient (Wildman–Crippen LogP) is 7.85. The quantitative estimate of drug-likeness (QED) is 0.316. The van der Waals surface area contributed by atoms with Gasteiger partial charge in [-0.15, -0.1) is 0 Å². The van der Waals surface area contributed by atoms with Gasteiger partial charge in [-0.05, 0) is 75.9 Å². The molecule has 0 atom stereocenters. The van der Waals surface area contributed by atoms with Crippen LogP contribution in [0, 0.1) is 0 Å². The Hall–Kier alpha value is -1.91. The molecule has 0 bridgehead atoms. The first-order chi connectivity index (χ1) is 18.7. The van der Waals surface area contributed by atoms with E-state index in [9.17, 15) is 13.2 Å². The number of sulfone groups is 1. The lowest BCUT2D eigenvalue weighted by Gasteiger charge is -2.55. The molecule has 1 saturated heterocycles. The summed E-state index contributed by atoms with van der Waals surface area (Å²) in [5, 5.41) is 3.12. The van der Waals surface area contributed by atoms with Crippen molar-refractivity contribution < 1.29 is 26.8 Å². The molecule has 2 aromatic carbocycles. The lowest BCUT2D eigenvalue weighted by Crippen LogP contribution is -2.69. The van der Waals surface area contributed by atoms with E-state index in [0.717, 1.165) is 12.0 Å². The summed E-state index contributed by atoms with van der Waals surface area (Å²) in [6, 6.07) is 13.2. The molecule has 0 spiro atoms. The van der Waals surface area contributed by atoms with Crippen LogP contribution in [0.1, 0.15) is 80.7 Å². The third-order valence-corrected chi connectivity index (χ3v) is 14.4. The standard InChI is InChI=1S/C31H46ClNO6SSi/c1-28(2,3)39-27(34)33-31(21-37-41(38-22-31,29(4,5)6)30(7,8)9)19-11-12-23-15-17-25(18-16-23)40(35,36)26-14-10-13-24(32)20-26/h10,13-18,20H,11-12,19,21-22H2,1-9H3,(H,33,34). The summed E-state index contributed by atoms with van der Waals surface area (Å²) in [5.74, 6) is 0. The minimum Gasteiger partial charge on any atom is -0.444 e. The molecule has 1 fully saturated rings. The number of alkyl carbamates (subject to hydrolysis) is 1. The Balaban J connectivity index is 1.75. The first-order valence-corrected chi connectivity index (χ1v) is 17.8. The van der Waals surface area contributed by atoms with Crippen LogP contribution in [-0.2, 0) is 29.8 Å². The number of rotatable bonds is 7. The Labute approximate surface area is 252 Å². The molecular weight excluding hydrogens is 578 g/mol. The molecule has 1 N–H and O–H groups in total. The van der Waals surface area contributed by atoms with Crippen LogP contribution < -0.4 is 5.32 Å². The number of benzene rings is 2. The van der Waals surface area contributed by atoms with Crippen molar-refractivity contribution in [2.75, 3.05) is 13.2 Å². The van der Waals surface area contributed by atoms with Crippen molar-refractivity contribution in [2.45, 2.75) is 113 Å². The number of aryl methyl sites for hydroxylation is 1. The molecular formula is C31H46ClNO6SSi. The zero-order chi connectivity index (χ0) is 30.9. The SMILES string of the molecule is CC(C)(C)OC(=O)NC1(CCCc2ccc(S(=O)(=O)c3cccc(Cl)c3)cc2)CO[Si](C(C)(C)C)(C(C)(C)C)OC1. The van der Waals surface area contributed by atoms with Crippen molar-refractivity contribution in [1.82, 2.24) is 5.32 Å². The van der Waals surface area contributed by atoms with Gasteiger partial charge in [0.1, 0.15) is 5.60 Å². The van der Waals surface area contributed by atoms with E-state index in [1.807, 2.05) is 32.9 Å². The van der Waals surface area contributed by atoms with Crippen LogP contribution >= 0.6 is 11.6 Å². The summed E-state index contributed by atoms with van der Waals surface area (Å²) in [6.45, 7) is 19.1. The molecule has 2 aromatic rings. The average molecular weight is 624 g/mol. The van der Waals surface area contributed by atoms with Gasteiger partial charge in [-0.3, -0.25) is 0 Å². The fraction of sp³-hybridized carbons (Fsp3) is 0.581. The minimum absolute atomic E-state index is 0.162. The van der Waals surface area contributed by atoms with Gasteiger partial charge in [-0.2, -0.15) is 0 Å². The molecule has 1 aliphatic heterocycles. The minimum atomic E-state index is -3.66. The van der Waals surface area contributed by atoms with Crippen molar-refractivity contribution >= 4 is 36.1 Å². The van der Waals surface area contributed by atoms with Gasteiger partial charge in [-0.25, -0.2) is 13.2 Å². The van der Waals surface area contributed by atoms with E-state index < -0.39 is 35.6 Å². The molecule has 3 rings (SSSR count). The highest BCUT2D eigenvalue weighted by Crippen LogP contribution is 2.54. The van der Waals surface area contributed by atoms with Crippen molar-refractivity contribution in [3.05, 3.63) is 59.1 Å². The molecule has 0 radical (unpaired) electrons. The lowest BCUT2D eigenvalue weighted by atomic mass is 9.93. The largest absolute Gasteiger partial charge is 0.444 e. The van der Waals surface area contributed by atoms with Gasteiger partial charge in [0.25, 0.3) is 0 Å². The summed E-state index contributed by atoms with van der Waals surface area (Å²) in [5.41, 5.74) is -0.386. The second-order valence-electron chi connectivity index (χ2n) is 14.1. The molecule has 228 valence electrons. The summed E-state index contributed by atoms with van der Waals surface area (Å²) in [7, 11) is -6.35. The van der Waals surface area contributed by atoms with E-state index in [1.54, 1.807) is 24.3 Å². The fourth-order valence-corrected chi connectivity index (χ4v) is 12.2. The van der Waals surface area contributed by atoms with Crippen LogP contribution in [0.4, 0.5) is 4.79 Å². The predicted molar refractivity (Wildman–Crippen MR) is 165 cm³/mol. The maximum absolute atomic E-state index is 13.0. The third-order valence-electron chi connectivity index (χ3n) is 7.31. The Morgan fingerprint density at radius 1 is 0.927 bits per heavy atom. The number of nitrogens with one attached hydrogen (secondary N) is 1. The monoisotopic (exact) mass is 623 g/mol. The van der Waals surface area contributed by atoms with Crippen LogP contribution in [-0.4, -0.2) is 47.4 Å². The molecule has 0 unspecified atom stereocenters. The van der Waals surface area contributed by atoms with Crippen LogP contribution in [0.2, 0.25) is 15.1 Å². The summed E-state index contributed by atoms with van der Waals surface area (Å²) < 4.78 is 45.1. The first kappa shape index (κ1) is 33.6. The van der Waals surface area contributed by atoms with Crippen LogP contribution in [0.15, 0.2) is 58.3 Å². The topological polar surface area (TPSA) is 90.9 Å². The number of hydrogen-bond acceptors (Lipinski definition) is 6. The first-order valence-electron chi connectivity index (χ1n) is 14.1. The van der Waals surface area contributed by atoms with E-state index in [1.165, 1.54) is 12.1 Å². The van der Waals surface area contributed by atoms with E-state index in [-0.39, 0.29) is 19.9 Å². The zero-order valence-corrected chi connectivity index (χ0v) is 28.5. The fourth-order valence-electron chi connectivity index (χ4n) is 5.59. The van der Waals surface area contributed by atoms with E-state index in [2.05, 4.69) is 46.9 Å². The second kappa shape index (κ2) is 12.0. The molecule has 0 aromatic heterocycles. The molecule has 0 saturated carbocycles. The van der Waals surface area contributed by atoms with Gasteiger partial charge in [0.15, 0.2) is 0 Å². The van der Waals surface area contributed by atoms with Gasteiger partial charge in [0.05, 0.1) is 28.5 Å². The lowest BCUT2D eigenvalue weighted by molar-refractivity contribution is -0.0152. The Bertz CT molecular complexity index is 1300. The average Bonchev–Trinajstić information content (AvgIpc) is 2.82. The molecule has 0 aliphatic carbocycles. The van der Waals surface area contributed by atoms with Gasteiger partial charge in [0.2, 0.25) is 9.84 Å². The van der Waals surface area contributed by atoms with Crippen molar-refractivity contribution in [1.29, 1.82) is 0 Å². The van der Waals surface area contributed by atoms with E-state index in [4.69, 9.17) is 25.2 Å². The van der Waals surface area contributed by atoms with E-state index >= 15 is 0 Å². The normalized spacial score (nSPS) is 17.6. The number of hydrogen-bond donors (Lipinski definition) is 1. The van der Waals surface area contributed by atoms with Gasteiger partial charge >= 0.3 is 14.7 Å².